The average Bonchev–Trinajstić information content (AvgIpc) is 2.74. The minimum absolute atomic E-state index is 0.669. The Hall–Kier alpha value is -0.870. The van der Waals surface area contributed by atoms with Gasteiger partial charge in [-0.1, -0.05) is 6.92 Å². The van der Waals surface area contributed by atoms with E-state index in [2.05, 4.69) is 23.4 Å². The topological polar surface area (TPSA) is 55.9 Å². The quantitative estimate of drug-likeness (QED) is 0.719. The molecule has 84 valence electrons. The fourth-order valence-electron chi connectivity index (χ4n) is 1.84. The fourth-order valence-corrected chi connectivity index (χ4v) is 1.84. The molecule has 0 saturated heterocycles. The smallest absolute Gasteiger partial charge is 0.0950 e. The highest BCUT2D eigenvalue weighted by molar-refractivity contribution is 4.96. The molecule has 3 N–H and O–H groups in total. The predicted octanol–water partition coefficient (Wildman–Crippen LogP) is 0.587. The van der Waals surface area contributed by atoms with Crippen LogP contribution in [-0.4, -0.2) is 22.6 Å². The first-order valence-electron chi connectivity index (χ1n) is 5.71. The Labute approximate surface area is 90.9 Å². The molecule has 0 aliphatic heterocycles. The van der Waals surface area contributed by atoms with E-state index in [1.807, 2.05) is 10.9 Å². The van der Waals surface area contributed by atoms with E-state index in [-0.39, 0.29) is 0 Å². The normalized spacial score (nSPS) is 24.4. The van der Waals surface area contributed by atoms with Gasteiger partial charge in [-0.3, -0.25) is 0 Å². The maximum atomic E-state index is 5.47. The van der Waals surface area contributed by atoms with Crippen LogP contribution >= 0.6 is 0 Å². The standard InChI is InChI=1S/C11H20N4/c1-9-4-10(9)5-13-6-11-7-15(3-2-12)8-14-11/h7-10,13H,2-6,12H2,1H3. The lowest BCUT2D eigenvalue weighted by atomic mass is 10.3. The molecule has 4 heteroatoms. The first kappa shape index (κ1) is 10.6. The highest BCUT2D eigenvalue weighted by Crippen LogP contribution is 2.36. The van der Waals surface area contributed by atoms with E-state index in [1.54, 1.807) is 0 Å². The van der Waals surface area contributed by atoms with Gasteiger partial charge < -0.3 is 15.6 Å². The summed E-state index contributed by atoms with van der Waals surface area (Å²) in [5.41, 5.74) is 6.58. The Bertz CT molecular complexity index is 307. The molecule has 0 radical (unpaired) electrons. The van der Waals surface area contributed by atoms with Crippen molar-refractivity contribution in [3.8, 4) is 0 Å². The summed E-state index contributed by atoms with van der Waals surface area (Å²) in [6, 6.07) is 0. The van der Waals surface area contributed by atoms with E-state index in [1.165, 1.54) is 6.42 Å². The molecule has 1 fully saturated rings. The van der Waals surface area contributed by atoms with Crippen molar-refractivity contribution < 1.29 is 0 Å². The van der Waals surface area contributed by atoms with Gasteiger partial charge in [0.15, 0.2) is 0 Å². The third kappa shape index (κ3) is 3.04. The van der Waals surface area contributed by atoms with Crippen LogP contribution in [0.25, 0.3) is 0 Å². The monoisotopic (exact) mass is 208 g/mol. The molecule has 1 aromatic rings. The SMILES string of the molecule is CC1CC1CNCc1cn(CCN)cn1. The Morgan fingerprint density at radius 1 is 1.67 bits per heavy atom. The predicted molar refractivity (Wildman–Crippen MR) is 60.3 cm³/mol. The number of rotatable bonds is 6. The lowest BCUT2D eigenvalue weighted by Gasteiger charge is -2.00. The van der Waals surface area contributed by atoms with E-state index in [0.717, 1.165) is 37.2 Å². The van der Waals surface area contributed by atoms with Crippen molar-refractivity contribution in [1.82, 2.24) is 14.9 Å². The number of nitrogens with zero attached hydrogens (tertiary/aromatic N) is 2. The summed E-state index contributed by atoms with van der Waals surface area (Å²) in [4.78, 5) is 4.32. The second-order valence-electron chi connectivity index (χ2n) is 4.50. The summed E-state index contributed by atoms with van der Waals surface area (Å²) in [6.45, 7) is 5.84. The van der Waals surface area contributed by atoms with Crippen molar-refractivity contribution in [3.63, 3.8) is 0 Å². The molecule has 0 amide bonds. The summed E-state index contributed by atoms with van der Waals surface area (Å²) >= 11 is 0. The number of imidazole rings is 1. The van der Waals surface area contributed by atoms with Gasteiger partial charge in [0.2, 0.25) is 0 Å². The number of hydrogen-bond acceptors (Lipinski definition) is 3. The van der Waals surface area contributed by atoms with Crippen LogP contribution in [0.1, 0.15) is 19.0 Å². The molecule has 4 nitrogen and oxygen atoms in total. The molecular formula is C11H20N4. The van der Waals surface area contributed by atoms with Crippen LogP contribution in [0, 0.1) is 11.8 Å². The fraction of sp³-hybridized carbons (Fsp3) is 0.727. The minimum Gasteiger partial charge on any atom is -0.336 e. The zero-order chi connectivity index (χ0) is 10.7. The van der Waals surface area contributed by atoms with Crippen molar-refractivity contribution in [3.05, 3.63) is 18.2 Å². The van der Waals surface area contributed by atoms with E-state index < -0.39 is 0 Å². The molecule has 0 spiro atoms. The van der Waals surface area contributed by atoms with Crippen molar-refractivity contribution in [2.75, 3.05) is 13.1 Å². The van der Waals surface area contributed by atoms with Crippen LogP contribution in [0.2, 0.25) is 0 Å². The Morgan fingerprint density at radius 3 is 3.13 bits per heavy atom. The molecule has 2 rings (SSSR count). The third-order valence-electron chi connectivity index (χ3n) is 3.06. The van der Waals surface area contributed by atoms with Crippen molar-refractivity contribution in [1.29, 1.82) is 0 Å². The number of nitrogens with one attached hydrogen (secondary N) is 1. The zero-order valence-electron chi connectivity index (χ0n) is 9.32. The summed E-state index contributed by atoms with van der Waals surface area (Å²) < 4.78 is 2.04. The molecule has 1 heterocycles. The third-order valence-corrected chi connectivity index (χ3v) is 3.06. The molecule has 2 unspecified atom stereocenters. The first-order chi connectivity index (χ1) is 7.29. The molecule has 1 aliphatic rings. The van der Waals surface area contributed by atoms with E-state index in [0.29, 0.717) is 6.54 Å². The van der Waals surface area contributed by atoms with Gasteiger partial charge in [0, 0.05) is 25.8 Å². The van der Waals surface area contributed by atoms with Gasteiger partial charge in [0.05, 0.1) is 12.0 Å². The van der Waals surface area contributed by atoms with Gasteiger partial charge >= 0.3 is 0 Å². The minimum atomic E-state index is 0.669. The van der Waals surface area contributed by atoms with Gasteiger partial charge in [-0.05, 0) is 24.8 Å². The average molecular weight is 208 g/mol. The maximum Gasteiger partial charge on any atom is 0.0950 e. The number of aromatic nitrogens is 2. The van der Waals surface area contributed by atoms with Crippen LogP contribution < -0.4 is 11.1 Å². The highest BCUT2D eigenvalue weighted by atomic mass is 15.1. The summed E-state index contributed by atoms with van der Waals surface area (Å²) in [6.07, 6.45) is 5.30. The van der Waals surface area contributed by atoms with Crippen molar-refractivity contribution >= 4 is 0 Å². The summed E-state index contributed by atoms with van der Waals surface area (Å²) in [5.74, 6) is 1.82. The second kappa shape index (κ2) is 4.77. The molecule has 15 heavy (non-hydrogen) atoms. The van der Waals surface area contributed by atoms with Crippen LogP contribution in [0.15, 0.2) is 12.5 Å². The second-order valence-corrected chi connectivity index (χ2v) is 4.50. The lowest BCUT2D eigenvalue weighted by molar-refractivity contribution is 0.606. The zero-order valence-corrected chi connectivity index (χ0v) is 9.32. The summed E-state index contributed by atoms with van der Waals surface area (Å²) in [7, 11) is 0. The van der Waals surface area contributed by atoms with Crippen LogP contribution in [0.5, 0.6) is 0 Å². The van der Waals surface area contributed by atoms with E-state index >= 15 is 0 Å². The van der Waals surface area contributed by atoms with Crippen molar-refractivity contribution in [2.45, 2.75) is 26.4 Å². The van der Waals surface area contributed by atoms with Crippen LogP contribution in [-0.2, 0) is 13.1 Å². The molecule has 1 aromatic heterocycles. The first-order valence-corrected chi connectivity index (χ1v) is 5.71. The molecule has 1 saturated carbocycles. The Kier molecular flexibility index (Phi) is 3.38. The van der Waals surface area contributed by atoms with Gasteiger partial charge in [-0.25, -0.2) is 4.98 Å². The maximum absolute atomic E-state index is 5.47. The van der Waals surface area contributed by atoms with Gasteiger partial charge in [-0.15, -0.1) is 0 Å². The highest BCUT2D eigenvalue weighted by Gasteiger charge is 2.31. The van der Waals surface area contributed by atoms with Crippen LogP contribution in [0.4, 0.5) is 0 Å². The number of hydrogen-bond donors (Lipinski definition) is 2. The largest absolute Gasteiger partial charge is 0.336 e. The molecular weight excluding hydrogens is 188 g/mol. The van der Waals surface area contributed by atoms with Crippen LogP contribution in [0.3, 0.4) is 0 Å². The van der Waals surface area contributed by atoms with E-state index in [4.69, 9.17) is 5.73 Å². The molecule has 0 aromatic carbocycles. The summed E-state index contributed by atoms with van der Waals surface area (Å²) in [5, 5.41) is 3.44. The Morgan fingerprint density at radius 2 is 2.47 bits per heavy atom. The molecule has 0 bridgehead atoms. The Balaban J connectivity index is 1.68. The van der Waals surface area contributed by atoms with Crippen molar-refractivity contribution in [2.24, 2.45) is 17.6 Å². The van der Waals surface area contributed by atoms with Gasteiger partial charge in [-0.2, -0.15) is 0 Å². The molecule has 2 atom stereocenters. The van der Waals surface area contributed by atoms with E-state index in [9.17, 15) is 0 Å². The number of nitrogens with two attached hydrogens (primary N) is 1. The lowest BCUT2D eigenvalue weighted by Crippen LogP contribution is -2.17. The van der Waals surface area contributed by atoms with Gasteiger partial charge in [0.1, 0.15) is 0 Å². The van der Waals surface area contributed by atoms with Gasteiger partial charge in [0.25, 0.3) is 0 Å². The molecule has 1 aliphatic carbocycles.